The van der Waals surface area contributed by atoms with Crippen LogP contribution in [-0.4, -0.2) is 17.3 Å². The van der Waals surface area contributed by atoms with Gasteiger partial charge in [-0.25, -0.2) is 0 Å². The van der Waals surface area contributed by atoms with Crippen molar-refractivity contribution >= 4 is 0 Å². The Bertz CT molecular complexity index is 620. The average Bonchev–Trinajstić information content (AvgIpc) is 2.41. The maximum atomic E-state index is 9.98. The van der Waals surface area contributed by atoms with Crippen LogP contribution >= 0.6 is 0 Å². The van der Waals surface area contributed by atoms with Crippen LogP contribution in [0.3, 0.4) is 0 Å². The van der Waals surface area contributed by atoms with Crippen LogP contribution in [0.25, 0.3) is 0 Å². The molecule has 0 saturated carbocycles. The van der Waals surface area contributed by atoms with Crippen molar-refractivity contribution in [1.29, 1.82) is 0 Å². The van der Waals surface area contributed by atoms with E-state index < -0.39 is 0 Å². The average molecular weight is 274 g/mol. The van der Waals surface area contributed by atoms with Crippen LogP contribution in [0.5, 0.6) is 23.0 Å². The van der Waals surface area contributed by atoms with Gasteiger partial charge in [0, 0.05) is 0 Å². The number of methoxy groups -OCH3 is 1. The van der Waals surface area contributed by atoms with Crippen LogP contribution in [0, 0.1) is 13.8 Å². The van der Waals surface area contributed by atoms with Crippen molar-refractivity contribution in [2.45, 2.75) is 20.5 Å². The van der Waals surface area contributed by atoms with Crippen LogP contribution in [0.15, 0.2) is 30.3 Å². The Labute approximate surface area is 118 Å². The van der Waals surface area contributed by atoms with Crippen molar-refractivity contribution in [3.63, 3.8) is 0 Å². The Kier molecular flexibility index (Phi) is 4.03. The molecule has 0 heterocycles. The number of phenols is 2. The van der Waals surface area contributed by atoms with E-state index in [1.807, 2.05) is 13.0 Å². The molecule has 0 aliphatic carbocycles. The van der Waals surface area contributed by atoms with Gasteiger partial charge in [0.1, 0.15) is 18.1 Å². The van der Waals surface area contributed by atoms with E-state index in [9.17, 15) is 10.2 Å². The summed E-state index contributed by atoms with van der Waals surface area (Å²) in [5.74, 6) is 1.17. The minimum absolute atomic E-state index is 0.109. The Morgan fingerprint density at radius 1 is 1.05 bits per heavy atom. The number of aryl methyl sites for hydroxylation is 2. The van der Waals surface area contributed by atoms with E-state index in [1.165, 1.54) is 0 Å². The quantitative estimate of drug-likeness (QED) is 0.898. The molecule has 0 aliphatic heterocycles. The number of hydrogen-bond donors (Lipinski definition) is 2. The maximum Gasteiger partial charge on any atom is 0.161 e. The highest BCUT2D eigenvalue weighted by Crippen LogP contribution is 2.33. The molecular weight excluding hydrogens is 256 g/mol. The molecule has 0 atom stereocenters. The van der Waals surface area contributed by atoms with Crippen LogP contribution in [0.1, 0.15) is 16.7 Å². The smallest absolute Gasteiger partial charge is 0.161 e. The SMILES string of the molecule is COc1cc(C)cc(O)c1COc1cccc(C)c1O. The molecule has 106 valence electrons. The van der Waals surface area contributed by atoms with Gasteiger partial charge in [0.25, 0.3) is 0 Å². The lowest BCUT2D eigenvalue weighted by Crippen LogP contribution is -2.00. The largest absolute Gasteiger partial charge is 0.507 e. The van der Waals surface area contributed by atoms with Gasteiger partial charge >= 0.3 is 0 Å². The minimum Gasteiger partial charge on any atom is -0.507 e. The van der Waals surface area contributed by atoms with Gasteiger partial charge in [0.2, 0.25) is 0 Å². The summed E-state index contributed by atoms with van der Waals surface area (Å²) in [6.45, 7) is 3.79. The molecule has 4 heteroatoms. The number of para-hydroxylation sites is 1. The molecule has 0 bridgehead atoms. The van der Waals surface area contributed by atoms with Crippen LogP contribution in [0.2, 0.25) is 0 Å². The Hall–Kier alpha value is -2.36. The number of phenolic OH excluding ortho intramolecular Hbond substituents is 2. The van der Waals surface area contributed by atoms with E-state index in [0.717, 1.165) is 11.1 Å². The van der Waals surface area contributed by atoms with E-state index in [4.69, 9.17) is 9.47 Å². The summed E-state index contributed by atoms with van der Waals surface area (Å²) in [5.41, 5.74) is 2.20. The predicted octanol–water partition coefficient (Wildman–Crippen LogP) is 3.30. The monoisotopic (exact) mass is 274 g/mol. The molecule has 0 radical (unpaired) electrons. The molecule has 0 fully saturated rings. The zero-order valence-electron chi connectivity index (χ0n) is 11.8. The summed E-state index contributed by atoms with van der Waals surface area (Å²) < 4.78 is 10.8. The van der Waals surface area contributed by atoms with E-state index in [1.54, 1.807) is 38.3 Å². The molecule has 2 aromatic rings. The molecule has 2 N–H and O–H groups in total. The van der Waals surface area contributed by atoms with Crippen LogP contribution in [-0.2, 0) is 6.61 Å². The first-order valence-corrected chi connectivity index (χ1v) is 6.30. The Morgan fingerprint density at radius 3 is 2.50 bits per heavy atom. The molecule has 0 unspecified atom stereocenters. The number of hydrogen-bond acceptors (Lipinski definition) is 4. The fraction of sp³-hybridized carbons (Fsp3) is 0.250. The molecule has 0 spiro atoms. The summed E-state index contributed by atoms with van der Waals surface area (Å²) in [6.07, 6.45) is 0. The third kappa shape index (κ3) is 2.79. The third-order valence-corrected chi connectivity index (χ3v) is 3.12. The molecule has 2 aromatic carbocycles. The van der Waals surface area contributed by atoms with Crippen molar-refractivity contribution in [3.05, 3.63) is 47.0 Å². The predicted molar refractivity (Wildman–Crippen MR) is 76.6 cm³/mol. The summed E-state index contributed by atoms with van der Waals surface area (Å²) in [5, 5.41) is 19.9. The normalized spacial score (nSPS) is 10.3. The first kappa shape index (κ1) is 14.1. The highest BCUT2D eigenvalue weighted by atomic mass is 16.5. The van der Waals surface area contributed by atoms with Gasteiger partial charge in [-0.1, -0.05) is 12.1 Å². The Morgan fingerprint density at radius 2 is 1.80 bits per heavy atom. The fourth-order valence-electron chi connectivity index (χ4n) is 1.99. The van der Waals surface area contributed by atoms with Gasteiger partial charge in [-0.3, -0.25) is 0 Å². The van der Waals surface area contributed by atoms with E-state index in [-0.39, 0.29) is 18.1 Å². The number of ether oxygens (including phenoxy) is 2. The highest BCUT2D eigenvalue weighted by Gasteiger charge is 2.12. The minimum atomic E-state index is 0.109. The van der Waals surface area contributed by atoms with Gasteiger partial charge in [-0.05, 0) is 43.2 Å². The second kappa shape index (κ2) is 5.74. The third-order valence-electron chi connectivity index (χ3n) is 3.12. The van der Waals surface area contributed by atoms with Crippen molar-refractivity contribution in [1.82, 2.24) is 0 Å². The van der Waals surface area contributed by atoms with Crippen molar-refractivity contribution in [3.8, 4) is 23.0 Å². The lowest BCUT2D eigenvalue weighted by Gasteiger charge is -2.14. The maximum absolute atomic E-state index is 9.98. The van der Waals surface area contributed by atoms with E-state index in [0.29, 0.717) is 17.1 Å². The number of benzene rings is 2. The fourth-order valence-corrected chi connectivity index (χ4v) is 1.99. The first-order valence-electron chi connectivity index (χ1n) is 6.30. The number of aromatic hydroxyl groups is 2. The molecule has 2 rings (SSSR count). The van der Waals surface area contributed by atoms with Gasteiger partial charge in [0.05, 0.1) is 12.7 Å². The highest BCUT2D eigenvalue weighted by molar-refractivity contribution is 5.48. The number of rotatable bonds is 4. The van der Waals surface area contributed by atoms with Crippen molar-refractivity contribution in [2.75, 3.05) is 7.11 Å². The molecule has 4 nitrogen and oxygen atoms in total. The van der Waals surface area contributed by atoms with E-state index in [2.05, 4.69) is 0 Å². The zero-order chi connectivity index (χ0) is 14.7. The van der Waals surface area contributed by atoms with Crippen molar-refractivity contribution < 1.29 is 19.7 Å². The molecule has 0 aromatic heterocycles. The molecule has 20 heavy (non-hydrogen) atoms. The summed E-state index contributed by atoms with van der Waals surface area (Å²) in [4.78, 5) is 0. The summed E-state index contributed by atoms with van der Waals surface area (Å²) >= 11 is 0. The summed E-state index contributed by atoms with van der Waals surface area (Å²) in [7, 11) is 1.54. The lowest BCUT2D eigenvalue weighted by molar-refractivity contribution is 0.275. The second-order valence-electron chi connectivity index (χ2n) is 4.68. The molecule has 0 amide bonds. The molecule has 0 saturated heterocycles. The standard InChI is InChI=1S/C16H18O4/c1-10-7-13(17)12(15(8-10)19-3)9-20-14-6-4-5-11(2)16(14)18/h4-8,17-18H,9H2,1-3H3. The van der Waals surface area contributed by atoms with Crippen LogP contribution < -0.4 is 9.47 Å². The first-order chi connectivity index (χ1) is 9.52. The second-order valence-corrected chi connectivity index (χ2v) is 4.68. The van der Waals surface area contributed by atoms with E-state index >= 15 is 0 Å². The molecule has 0 aliphatic rings. The lowest BCUT2D eigenvalue weighted by atomic mass is 10.1. The molecular formula is C16H18O4. The van der Waals surface area contributed by atoms with Gasteiger partial charge in [0.15, 0.2) is 11.5 Å². The Balaban J connectivity index is 2.25. The summed E-state index contributed by atoms with van der Waals surface area (Å²) in [6, 6.07) is 8.76. The van der Waals surface area contributed by atoms with Crippen molar-refractivity contribution in [2.24, 2.45) is 0 Å². The van der Waals surface area contributed by atoms with Gasteiger partial charge in [-0.2, -0.15) is 0 Å². The zero-order valence-corrected chi connectivity index (χ0v) is 11.8. The topological polar surface area (TPSA) is 58.9 Å². The van der Waals surface area contributed by atoms with Crippen LogP contribution in [0.4, 0.5) is 0 Å². The van der Waals surface area contributed by atoms with Gasteiger partial charge in [-0.15, -0.1) is 0 Å². The van der Waals surface area contributed by atoms with Gasteiger partial charge < -0.3 is 19.7 Å².